The van der Waals surface area contributed by atoms with E-state index in [0.717, 1.165) is 16.7 Å². The Labute approximate surface area is 180 Å². The first-order chi connectivity index (χ1) is 15.0. The number of nitrogens with one attached hydrogen (secondary N) is 1. The maximum absolute atomic E-state index is 13.3. The molecule has 0 fully saturated rings. The van der Waals surface area contributed by atoms with E-state index in [0.29, 0.717) is 5.82 Å². The zero-order valence-corrected chi connectivity index (χ0v) is 17.5. The number of hydrogen-bond acceptors (Lipinski definition) is 4. The van der Waals surface area contributed by atoms with Gasteiger partial charge >= 0.3 is 0 Å². The summed E-state index contributed by atoms with van der Waals surface area (Å²) in [5.74, 6) is 0.450. The Morgan fingerprint density at radius 3 is 2.48 bits per heavy atom. The molecule has 158 valence electrons. The molecular formula is C24H24N4O3. The molecule has 4 aromatic rings. The monoisotopic (exact) mass is 416 g/mol. The molecule has 7 nitrogen and oxygen atoms in total. The van der Waals surface area contributed by atoms with Crippen LogP contribution in [0.2, 0.25) is 0 Å². The molecule has 31 heavy (non-hydrogen) atoms. The fourth-order valence-electron chi connectivity index (χ4n) is 3.62. The summed E-state index contributed by atoms with van der Waals surface area (Å²) >= 11 is 0. The van der Waals surface area contributed by atoms with Crippen molar-refractivity contribution in [2.75, 3.05) is 4.90 Å². The molecule has 4 rings (SSSR count). The lowest BCUT2D eigenvalue weighted by Crippen LogP contribution is -2.39. The van der Waals surface area contributed by atoms with Crippen LogP contribution in [0, 0.1) is 0 Å². The molecule has 0 bridgehead atoms. The average molecular weight is 416 g/mol. The number of carbonyl (C=O) groups excluding carboxylic acids is 2. The quantitative estimate of drug-likeness (QED) is 0.494. The molecule has 0 atom stereocenters. The summed E-state index contributed by atoms with van der Waals surface area (Å²) in [6.45, 7) is 4.26. The van der Waals surface area contributed by atoms with E-state index in [2.05, 4.69) is 10.3 Å². The molecule has 0 saturated carbocycles. The first kappa shape index (κ1) is 20.4. The summed E-state index contributed by atoms with van der Waals surface area (Å²) in [4.78, 5) is 32.1. The number of rotatable bonds is 7. The van der Waals surface area contributed by atoms with E-state index in [1.54, 1.807) is 17.0 Å². The first-order valence-electron chi connectivity index (χ1n) is 10.2. The Hall–Kier alpha value is -3.87. The molecule has 0 saturated heterocycles. The Bertz CT molecular complexity index is 1180. The normalized spacial score (nSPS) is 11.1. The van der Waals surface area contributed by atoms with Gasteiger partial charge in [-0.3, -0.25) is 9.59 Å². The topological polar surface area (TPSA) is 80.4 Å². The molecule has 7 heteroatoms. The summed E-state index contributed by atoms with van der Waals surface area (Å²) in [6.07, 6.45) is 1.45. The van der Waals surface area contributed by atoms with Crippen LogP contribution in [-0.4, -0.2) is 27.4 Å². The van der Waals surface area contributed by atoms with Crippen LogP contribution >= 0.6 is 0 Å². The summed E-state index contributed by atoms with van der Waals surface area (Å²) < 4.78 is 7.00. The van der Waals surface area contributed by atoms with Crippen LogP contribution < -0.4 is 10.2 Å². The third kappa shape index (κ3) is 4.35. The van der Waals surface area contributed by atoms with Gasteiger partial charge < -0.3 is 19.2 Å². The van der Waals surface area contributed by atoms with Crippen molar-refractivity contribution < 1.29 is 14.0 Å². The van der Waals surface area contributed by atoms with Crippen molar-refractivity contribution in [1.29, 1.82) is 0 Å². The minimum atomic E-state index is -0.331. The fourth-order valence-corrected chi connectivity index (χ4v) is 3.62. The number of nitrogens with zero attached hydrogens (tertiary/aromatic N) is 3. The van der Waals surface area contributed by atoms with Crippen LogP contribution in [0.15, 0.2) is 77.4 Å². The highest BCUT2D eigenvalue weighted by Crippen LogP contribution is 2.20. The second-order valence-corrected chi connectivity index (χ2v) is 7.46. The third-order valence-corrected chi connectivity index (χ3v) is 5.00. The van der Waals surface area contributed by atoms with Gasteiger partial charge in [0.1, 0.15) is 12.4 Å². The van der Waals surface area contributed by atoms with Crippen molar-refractivity contribution >= 4 is 28.5 Å². The molecule has 2 aromatic heterocycles. The largest absolute Gasteiger partial charge is 0.459 e. The van der Waals surface area contributed by atoms with Crippen molar-refractivity contribution in [3.05, 3.63) is 84.6 Å². The van der Waals surface area contributed by atoms with Crippen LogP contribution in [0.1, 0.15) is 30.2 Å². The minimum absolute atomic E-state index is 0.00760. The molecule has 0 unspecified atom stereocenters. The van der Waals surface area contributed by atoms with Crippen molar-refractivity contribution in [3.63, 3.8) is 0 Å². The maximum atomic E-state index is 13.3. The Morgan fingerprint density at radius 2 is 1.77 bits per heavy atom. The van der Waals surface area contributed by atoms with E-state index >= 15 is 0 Å². The summed E-state index contributed by atoms with van der Waals surface area (Å²) in [6, 6.07) is 20.5. The van der Waals surface area contributed by atoms with Crippen molar-refractivity contribution in [3.8, 4) is 0 Å². The number of imidazole rings is 1. The molecule has 0 aliphatic rings. The molecule has 1 N–H and O–H groups in total. The summed E-state index contributed by atoms with van der Waals surface area (Å²) in [5, 5.41) is 2.82. The van der Waals surface area contributed by atoms with Gasteiger partial charge in [0, 0.05) is 11.7 Å². The number of carbonyl (C=O) groups is 2. The van der Waals surface area contributed by atoms with Crippen LogP contribution in [0.25, 0.3) is 11.0 Å². The van der Waals surface area contributed by atoms with E-state index in [-0.39, 0.29) is 36.7 Å². The number of hydrogen-bond donors (Lipinski definition) is 1. The van der Waals surface area contributed by atoms with Crippen LogP contribution in [0.5, 0.6) is 0 Å². The summed E-state index contributed by atoms with van der Waals surface area (Å²) in [5.41, 5.74) is 2.46. The molecule has 2 heterocycles. The van der Waals surface area contributed by atoms with E-state index in [1.165, 1.54) is 6.26 Å². The van der Waals surface area contributed by atoms with Gasteiger partial charge in [-0.2, -0.15) is 0 Å². The number of furan rings is 1. The predicted octanol–water partition coefficient (Wildman–Crippen LogP) is 4.00. The predicted molar refractivity (Wildman–Crippen MR) is 119 cm³/mol. The van der Waals surface area contributed by atoms with Gasteiger partial charge in [0.25, 0.3) is 5.91 Å². The third-order valence-electron chi connectivity index (χ3n) is 5.00. The van der Waals surface area contributed by atoms with E-state index in [1.807, 2.05) is 73.0 Å². The van der Waals surface area contributed by atoms with Gasteiger partial charge in [-0.25, -0.2) is 4.98 Å². The average Bonchev–Trinajstić information content (AvgIpc) is 3.42. The molecule has 0 radical (unpaired) electrons. The molecule has 0 spiro atoms. The Balaban J connectivity index is 1.62. The van der Waals surface area contributed by atoms with Crippen LogP contribution in [0.3, 0.4) is 0 Å². The lowest BCUT2D eigenvalue weighted by molar-refractivity contribution is -0.119. The van der Waals surface area contributed by atoms with E-state index in [9.17, 15) is 9.59 Å². The number of amides is 2. The van der Waals surface area contributed by atoms with Crippen molar-refractivity contribution in [2.45, 2.75) is 33.0 Å². The standard InChI is InChI=1S/C24H24N4O3/c1-17(2)28(18-9-4-3-5-10-18)23(29)16-27-20-12-7-6-11-19(20)26-22(27)15-25-24(30)21-13-8-14-31-21/h3-14,17H,15-16H2,1-2H3,(H,25,30). The van der Waals surface area contributed by atoms with Crippen LogP contribution in [-0.2, 0) is 17.9 Å². The van der Waals surface area contributed by atoms with E-state index in [4.69, 9.17) is 4.42 Å². The molecule has 0 aliphatic heterocycles. The number of fused-ring (bicyclic) bond motifs is 1. The lowest BCUT2D eigenvalue weighted by atomic mass is 10.2. The second-order valence-electron chi connectivity index (χ2n) is 7.46. The highest BCUT2D eigenvalue weighted by atomic mass is 16.3. The SMILES string of the molecule is CC(C)N(C(=O)Cn1c(CNC(=O)c2ccco2)nc2ccccc21)c1ccccc1. The highest BCUT2D eigenvalue weighted by molar-refractivity contribution is 5.95. The smallest absolute Gasteiger partial charge is 0.287 e. The number of anilines is 1. The van der Waals surface area contributed by atoms with Crippen molar-refractivity contribution in [2.24, 2.45) is 0 Å². The van der Waals surface area contributed by atoms with Gasteiger partial charge in [0.2, 0.25) is 5.91 Å². The zero-order valence-electron chi connectivity index (χ0n) is 17.5. The molecule has 0 aliphatic carbocycles. The minimum Gasteiger partial charge on any atom is -0.459 e. The summed E-state index contributed by atoms with van der Waals surface area (Å²) in [7, 11) is 0. The van der Waals surface area contributed by atoms with Gasteiger partial charge in [-0.1, -0.05) is 30.3 Å². The molecule has 2 aromatic carbocycles. The fraction of sp³-hybridized carbons (Fsp3) is 0.208. The van der Waals surface area contributed by atoms with Gasteiger partial charge in [-0.05, 0) is 50.2 Å². The van der Waals surface area contributed by atoms with Gasteiger partial charge in [-0.15, -0.1) is 0 Å². The van der Waals surface area contributed by atoms with E-state index < -0.39 is 0 Å². The second kappa shape index (κ2) is 8.87. The molecular weight excluding hydrogens is 392 g/mol. The van der Waals surface area contributed by atoms with Gasteiger partial charge in [0.15, 0.2) is 5.76 Å². The van der Waals surface area contributed by atoms with Crippen molar-refractivity contribution in [1.82, 2.24) is 14.9 Å². The number of aromatic nitrogens is 2. The maximum Gasteiger partial charge on any atom is 0.287 e. The van der Waals surface area contributed by atoms with Gasteiger partial charge in [0.05, 0.1) is 23.8 Å². The Kier molecular flexibility index (Phi) is 5.84. The lowest BCUT2D eigenvalue weighted by Gasteiger charge is -2.27. The number of para-hydroxylation sites is 3. The molecule has 2 amide bonds. The first-order valence-corrected chi connectivity index (χ1v) is 10.2. The van der Waals surface area contributed by atoms with Crippen LogP contribution in [0.4, 0.5) is 5.69 Å². The zero-order chi connectivity index (χ0) is 21.8. The highest BCUT2D eigenvalue weighted by Gasteiger charge is 2.22. The Morgan fingerprint density at radius 1 is 1.03 bits per heavy atom. The number of benzene rings is 2.